The van der Waals surface area contributed by atoms with Crippen molar-refractivity contribution >= 4 is 15.9 Å². The highest BCUT2D eigenvalue weighted by Crippen LogP contribution is 2.28. The van der Waals surface area contributed by atoms with Crippen molar-refractivity contribution in [2.45, 2.75) is 19.8 Å². The number of benzene rings is 1. The molecule has 0 atom stereocenters. The van der Waals surface area contributed by atoms with Crippen molar-refractivity contribution < 1.29 is 8.42 Å². The van der Waals surface area contributed by atoms with Gasteiger partial charge in [-0.25, -0.2) is 0 Å². The summed E-state index contributed by atoms with van der Waals surface area (Å²) in [5.41, 5.74) is 2.55. The summed E-state index contributed by atoms with van der Waals surface area (Å²) in [4.78, 5) is 2.29. The Hall–Kier alpha value is -1.11. The third-order valence-electron chi connectivity index (χ3n) is 3.93. The maximum atomic E-state index is 12.1. The van der Waals surface area contributed by atoms with Gasteiger partial charge >= 0.3 is 0 Å². The number of hydrogen-bond donors (Lipinski definition) is 0. The van der Waals surface area contributed by atoms with Crippen LogP contribution in [0.25, 0.3) is 0 Å². The molecule has 0 saturated carbocycles. The van der Waals surface area contributed by atoms with E-state index < -0.39 is 10.2 Å². The van der Waals surface area contributed by atoms with Gasteiger partial charge in [0.15, 0.2) is 0 Å². The van der Waals surface area contributed by atoms with E-state index in [-0.39, 0.29) is 0 Å². The van der Waals surface area contributed by atoms with Crippen LogP contribution in [0.4, 0.5) is 5.69 Å². The van der Waals surface area contributed by atoms with E-state index in [0.717, 1.165) is 13.1 Å². The van der Waals surface area contributed by atoms with Crippen LogP contribution in [-0.2, 0) is 10.2 Å². The molecule has 1 aliphatic heterocycles. The van der Waals surface area contributed by atoms with Crippen LogP contribution >= 0.6 is 0 Å². The lowest BCUT2D eigenvalue weighted by atomic mass is 10.00. The van der Waals surface area contributed by atoms with E-state index in [2.05, 4.69) is 36.9 Å². The summed E-state index contributed by atoms with van der Waals surface area (Å²) in [5, 5.41) is 0. The van der Waals surface area contributed by atoms with Crippen LogP contribution in [0.1, 0.15) is 25.3 Å². The fourth-order valence-corrected chi connectivity index (χ4v) is 3.74. The molecule has 0 spiro atoms. The van der Waals surface area contributed by atoms with Crippen LogP contribution < -0.4 is 4.90 Å². The lowest BCUT2D eigenvalue weighted by molar-refractivity contribution is 0.355. The Balaban J connectivity index is 2.12. The molecule has 118 valence electrons. The molecule has 0 unspecified atom stereocenters. The summed E-state index contributed by atoms with van der Waals surface area (Å²) >= 11 is 0. The summed E-state index contributed by atoms with van der Waals surface area (Å²) in [6.07, 6.45) is 0. The van der Waals surface area contributed by atoms with Gasteiger partial charge in [-0.2, -0.15) is 17.0 Å². The quantitative estimate of drug-likeness (QED) is 0.851. The first-order chi connectivity index (χ1) is 9.84. The number of para-hydroxylation sites is 1. The minimum absolute atomic E-state index is 0.463. The van der Waals surface area contributed by atoms with Crippen molar-refractivity contribution in [3.05, 3.63) is 29.8 Å². The van der Waals surface area contributed by atoms with Crippen LogP contribution in [0.2, 0.25) is 0 Å². The summed E-state index contributed by atoms with van der Waals surface area (Å²) in [6, 6.07) is 8.39. The molecule has 5 nitrogen and oxygen atoms in total. The second kappa shape index (κ2) is 6.34. The molecule has 2 rings (SSSR count). The molecular formula is C15H25N3O2S. The number of anilines is 1. The molecule has 1 aliphatic rings. The highest BCUT2D eigenvalue weighted by Gasteiger charge is 2.29. The average molecular weight is 311 g/mol. The molecular weight excluding hydrogens is 286 g/mol. The lowest BCUT2D eigenvalue weighted by Crippen LogP contribution is -2.51. The van der Waals surface area contributed by atoms with Crippen molar-refractivity contribution in [1.82, 2.24) is 8.61 Å². The standard InChI is InChI=1S/C15H25N3O2S/c1-13(2)14-7-5-6-8-15(14)17-9-11-18(12-10-17)21(19,20)16(3)4/h5-8,13H,9-12H2,1-4H3. The third kappa shape index (κ3) is 3.39. The molecule has 1 aromatic carbocycles. The van der Waals surface area contributed by atoms with Crippen molar-refractivity contribution in [2.24, 2.45) is 0 Å². The van der Waals surface area contributed by atoms with Crippen LogP contribution in [0.5, 0.6) is 0 Å². The maximum absolute atomic E-state index is 12.1. The van der Waals surface area contributed by atoms with Gasteiger partial charge in [0.05, 0.1) is 0 Å². The van der Waals surface area contributed by atoms with E-state index in [0.29, 0.717) is 19.0 Å². The molecule has 1 fully saturated rings. The largest absolute Gasteiger partial charge is 0.369 e. The Kier molecular flexibility index (Phi) is 4.91. The topological polar surface area (TPSA) is 43.9 Å². The minimum Gasteiger partial charge on any atom is -0.369 e. The first kappa shape index (κ1) is 16.3. The molecule has 0 N–H and O–H groups in total. The van der Waals surface area contributed by atoms with Gasteiger partial charge in [0.25, 0.3) is 10.2 Å². The van der Waals surface area contributed by atoms with E-state index >= 15 is 0 Å². The molecule has 1 aromatic rings. The van der Waals surface area contributed by atoms with E-state index in [1.54, 1.807) is 18.4 Å². The molecule has 0 aromatic heterocycles. The van der Waals surface area contributed by atoms with Crippen LogP contribution in [0, 0.1) is 0 Å². The van der Waals surface area contributed by atoms with Crippen molar-refractivity contribution in [3.8, 4) is 0 Å². The first-order valence-corrected chi connectivity index (χ1v) is 8.75. The van der Waals surface area contributed by atoms with E-state index in [4.69, 9.17) is 0 Å². The van der Waals surface area contributed by atoms with Gasteiger partial charge in [0.2, 0.25) is 0 Å². The Morgan fingerprint density at radius 1 is 1.05 bits per heavy atom. The predicted octanol–water partition coefficient (Wildman–Crippen LogP) is 1.74. The lowest BCUT2D eigenvalue weighted by Gasteiger charge is -2.37. The predicted molar refractivity (Wildman–Crippen MR) is 86.9 cm³/mol. The minimum atomic E-state index is -3.29. The Labute approximate surface area is 128 Å². The Bertz CT molecular complexity index is 576. The normalized spacial score (nSPS) is 17.7. The molecule has 6 heteroatoms. The van der Waals surface area contributed by atoms with Crippen molar-refractivity contribution in [1.29, 1.82) is 0 Å². The molecule has 21 heavy (non-hydrogen) atoms. The summed E-state index contributed by atoms with van der Waals surface area (Å²) in [5.74, 6) is 0.463. The Morgan fingerprint density at radius 2 is 1.62 bits per heavy atom. The van der Waals surface area contributed by atoms with Gasteiger partial charge in [0.1, 0.15) is 0 Å². The smallest absolute Gasteiger partial charge is 0.281 e. The first-order valence-electron chi connectivity index (χ1n) is 7.35. The molecule has 0 radical (unpaired) electrons. The summed E-state index contributed by atoms with van der Waals surface area (Å²) < 4.78 is 27.1. The van der Waals surface area contributed by atoms with E-state index in [9.17, 15) is 8.42 Å². The fraction of sp³-hybridized carbons (Fsp3) is 0.600. The zero-order valence-corrected chi connectivity index (χ0v) is 14.1. The van der Waals surface area contributed by atoms with E-state index in [1.165, 1.54) is 15.6 Å². The van der Waals surface area contributed by atoms with E-state index in [1.807, 2.05) is 6.07 Å². The number of nitrogens with zero attached hydrogens (tertiary/aromatic N) is 3. The van der Waals surface area contributed by atoms with Crippen molar-refractivity contribution in [2.75, 3.05) is 45.2 Å². The van der Waals surface area contributed by atoms with Gasteiger partial charge in [-0.05, 0) is 17.5 Å². The number of hydrogen-bond acceptors (Lipinski definition) is 3. The molecule has 0 aliphatic carbocycles. The SMILES string of the molecule is CC(C)c1ccccc1N1CCN(S(=O)(=O)N(C)C)CC1. The van der Waals surface area contributed by atoms with Gasteiger partial charge in [-0.1, -0.05) is 32.0 Å². The number of rotatable bonds is 4. The highest BCUT2D eigenvalue weighted by atomic mass is 32.2. The third-order valence-corrected chi connectivity index (χ3v) is 5.87. The number of piperazine rings is 1. The Morgan fingerprint density at radius 3 is 2.14 bits per heavy atom. The summed E-state index contributed by atoms with van der Waals surface area (Å²) in [7, 11) is -0.134. The molecule has 1 saturated heterocycles. The van der Waals surface area contributed by atoms with Crippen molar-refractivity contribution in [3.63, 3.8) is 0 Å². The van der Waals surface area contributed by atoms with Gasteiger partial charge in [-0.15, -0.1) is 0 Å². The molecule has 0 bridgehead atoms. The second-order valence-electron chi connectivity index (χ2n) is 5.89. The zero-order valence-electron chi connectivity index (χ0n) is 13.3. The second-order valence-corrected chi connectivity index (χ2v) is 8.03. The monoisotopic (exact) mass is 311 g/mol. The fourth-order valence-electron chi connectivity index (χ4n) is 2.65. The van der Waals surface area contributed by atoms with Crippen LogP contribution in [0.3, 0.4) is 0 Å². The van der Waals surface area contributed by atoms with Gasteiger partial charge < -0.3 is 4.90 Å². The summed E-state index contributed by atoms with van der Waals surface area (Å²) in [6.45, 7) is 6.91. The van der Waals surface area contributed by atoms with Gasteiger partial charge in [-0.3, -0.25) is 0 Å². The zero-order chi connectivity index (χ0) is 15.6. The van der Waals surface area contributed by atoms with Crippen LogP contribution in [-0.4, -0.2) is 57.3 Å². The maximum Gasteiger partial charge on any atom is 0.281 e. The molecule has 1 heterocycles. The van der Waals surface area contributed by atoms with Crippen LogP contribution in [0.15, 0.2) is 24.3 Å². The average Bonchev–Trinajstić information content (AvgIpc) is 2.47. The van der Waals surface area contributed by atoms with Gasteiger partial charge in [0, 0.05) is 46.0 Å². The molecule has 0 amide bonds. The highest BCUT2D eigenvalue weighted by molar-refractivity contribution is 7.86.